The number of rotatable bonds is 6. The third-order valence-corrected chi connectivity index (χ3v) is 2.76. The van der Waals surface area contributed by atoms with E-state index >= 15 is 0 Å². The van der Waals surface area contributed by atoms with Crippen molar-refractivity contribution in [2.45, 2.75) is 25.4 Å². The van der Waals surface area contributed by atoms with E-state index in [4.69, 9.17) is 0 Å². The minimum absolute atomic E-state index is 0.834. The highest BCUT2D eigenvalue weighted by molar-refractivity contribution is 4.96. The van der Waals surface area contributed by atoms with Crippen LogP contribution in [0.4, 0.5) is 0 Å². The zero-order chi connectivity index (χ0) is 10.5. The van der Waals surface area contributed by atoms with Gasteiger partial charge < -0.3 is 10.2 Å². The van der Waals surface area contributed by atoms with Gasteiger partial charge in [-0.25, -0.2) is 9.97 Å². The minimum Gasteiger partial charge on any atom is -0.310 e. The summed E-state index contributed by atoms with van der Waals surface area (Å²) in [5.41, 5.74) is 1.05. The highest BCUT2D eigenvalue weighted by atomic mass is 15.2. The van der Waals surface area contributed by atoms with Crippen LogP contribution in [0.2, 0.25) is 0 Å². The Balaban J connectivity index is 1.58. The molecule has 0 aliphatic heterocycles. The van der Waals surface area contributed by atoms with E-state index in [1.165, 1.54) is 12.8 Å². The van der Waals surface area contributed by atoms with Gasteiger partial charge in [-0.05, 0) is 26.0 Å². The maximum Gasteiger partial charge on any atom is 0.115 e. The van der Waals surface area contributed by atoms with Gasteiger partial charge in [0.05, 0.1) is 5.69 Å². The van der Waals surface area contributed by atoms with Gasteiger partial charge >= 0.3 is 0 Å². The van der Waals surface area contributed by atoms with Crippen LogP contribution in [0.1, 0.15) is 18.5 Å². The van der Waals surface area contributed by atoms with Crippen LogP contribution in [0.15, 0.2) is 18.6 Å². The molecule has 1 aliphatic carbocycles. The molecule has 0 aromatic carbocycles. The highest BCUT2D eigenvalue weighted by Gasteiger charge is 2.25. The fourth-order valence-corrected chi connectivity index (χ4v) is 1.59. The van der Waals surface area contributed by atoms with Crippen LogP contribution in [0.25, 0.3) is 0 Å². The zero-order valence-corrected chi connectivity index (χ0v) is 9.19. The van der Waals surface area contributed by atoms with E-state index in [1.807, 2.05) is 6.07 Å². The Morgan fingerprint density at radius 1 is 1.53 bits per heavy atom. The topological polar surface area (TPSA) is 41.0 Å². The van der Waals surface area contributed by atoms with E-state index in [0.29, 0.717) is 0 Å². The molecule has 0 saturated heterocycles. The van der Waals surface area contributed by atoms with Gasteiger partial charge in [-0.1, -0.05) is 0 Å². The normalized spacial score (nSPS) is 15.9. The molecule has 1 aromatic rings. The van der Waals surface area contributed by atoms with E-state index < -0.39 is 0 Å². The number of nitrogens with zero attached hydrogens (tertiary/aromatic N) is 3. The summed E-state index contributed by atoms with van der Waals surface area (Å²) >= 11 is 0. The van der Waals surface area contributed by atoms with Crippen LogP contribution in [0, 0.1) is 0 Å². The number of hydrogen-bond acceptors (Lipinski definition) is 4. The van der Waals surface area contributed by atoms with Crippen molar-refractivity contribution in [2.24, 2.45) is 0 Å². The first-order valence-corrected chi connectivity index (χ1v) is 5.52. The second-order valence-electron chi connectivity index (χ2n) is 4.09. The van der Waals surface area contributed by atoms with E-state index in [1.54, 1.807) is 12.5 Å². The molecule has 1 saturated carbocycles. The van der Waals surface area contributed by atoms with Gasteiger partial charge in [-0.15, -0.1) is 0 Å². The monoisotopic (exact) mass is 206 g/mol. The summed E-state index contributed by atoms with van der Waals surface area (Å²) in [7, 11) is 2.20. The molecule has 1 N–H and O–H groups in total. The summed E-state index contributed by atoms with van der Waals surface area (Å²) < 4.78 is 0. The summed E-state index contributed by atoms with van der Waals surface area (Å²) in [5, 5.41) is 3.38. The number of aromatic nitrogens is 2. The Kier molecular flexibility index (Phi) is 3.64. The molecule has 2 rings (SSSR count). The van der Waals surface area contributed by atoms with Gasteiger partial charge in [0.25, 0.3) is 0 Å². The lowest BCUT2D eigenvalue weighted by atomic mass is 10.4. The van der Waals surface area contributed by atoms with Crippen molar-refractivity contribution in [1.82, 2.24) is 20.2 Å². The van der Waals surface area contributed by atoms with Crippen molar-refractivity contribution in [1.29, 1.82) is 0 Å². The van der Waals surface area contributed by atoms with E-state index in [9.17, 15) is 0 Å². The lowest BCUT2D eigenvalue weighted by Gasteiger charge is -2.15. The molecule has 0 radical (unpaired) electrons. The largest absolute Gasteiger partial charge is 0.310 e. The molecule has 1 fully saturated rings. The maximum atomic E-state index is 4.16. The van der Waals surface area contributed by atoms with Crippen molar-refractivity contribution < 1.29 is 0 Å². The van der Waals surface area contributed by atoms with Crippen LogP contribution >= 0.6 is 0 Å². The van der Waals surface area contributed by atoms with E-state index in [2.05, 4.69) is 27.2 Å². The summed E-state index contributed by atoms with van der Waals surface area (Å²) in [6, 6.07) is 2.79. The lowest BCUT2D eigenvalue weighted by Crippen LogP contribution is -2.30. The summed E-state index contributed by atoms with van der Waals surface area (Å²) in [6.45, 7) is 2.98. The highest BCUT2D eigenvalue weighted by Crippen LogP contribution is 2.24. The number of hydrogen-bond donors (Lipinski definition) is 1. The lowest BCUT2D eigenvalue weighted by molar-refractivity contribution is 0.321. The summed E-state index contributed by atoms with van der Waals surface area (Å²) in [5.74, 6) is 0. The Bertz CT molecular complexity index is 284. The van der Waals surface area contributed by atoms with Gasteiger partial charge in [0.15, 0.2) is 0 Å². The van der Waals surface area contributed by atoms with Gasteiger partial charge in [-0.3, -0.25) is 0 Å². The molecule has 4 nitrogen and oxygen atoms in total. The Morgan fingerprint density at radius 2 is 2.40 bits per heavy atom. The molecule has 0 spiro atoms. The molecule has 0 unspecified atom stereocenters. The Hall–Kier alpha value is -1.00. The summed E-state index contributed by atoms with van der Waals surface area (Å²) in [6.07, 6.45) is 6.12. The van der Waals surface area contributed by atoms with Crippen molar-refractivity contribution in [2.75, 3.05) is 20.1 Å². The molecule has 4 heteroatoms. The van der Waals surface area contributed by atoms with Crippen LogP contribution < -0.4 is 5.32 Å². The second-order valence-corrected chi connectivity index (χ2v) is 4.09. The third kappa shape index (κ3) is 3.57. The first-order chi connectivity index (χ1) is 7.36. The number of likely N-dealkylation sites (N-methyl/N-ethyl adjacent to an activating group) is 1. The first kappa shape index (κ1) is 10.5. The fourth-order valence-electron chi connectivity index (χ4n) is 1.59. The first-order valence-electron chi connectivity index (χ1n) is 5.52. The Labute approximate surface area is 90.7 Å². The zero-order valence-electron chi connectivity index (χ0n) is 9.19. The van der Waals surface area contributed by atoms with Gasteiger partial charge in [-0.2, -0.15) is 0 Å². The van der Waals surface area contributed by atoms with E-state index in [0.717, 1.165) is 31.4 Å². The van der Waals surface area contributed by atoms with Crippen molar-refractivity contribution in [3.05, 3.63) is 24.3 Å². The van der Waals surface area contributed by atoms with Crippen LogP contribution in [-0.2, 0) is 6.54 Å². The predicted octanol–water partition coefficient (Wildman–Crippen LogP) is 0.660. The van der Waals surface area contributed by atoms with Crippen molar-refractivity contribution in [3.63, 3.8) is 0 Å². The van der Waals surface area contributed by atoms with Crippen LogP contribution in [0.3, 0.4) is 0 Å². The quantitative estimate of drug-likeness (QED) is 0.694. The number of nitrogens with one attached hydrogen (secondary N) is 1. The average Bonchev–Trinajstić information content (AvgIpc) is 3.09. The van der Waals surface area contributed by atoms with Gasteiger partial charge in [0, 0.05) is 31.9 Å². The van der Waals surface area contributed by atoms with Crippen LogP contribution in [0.5, 0.6) is 0 Å². The standard InChI is InChI=1S/C11H18N4/c1-15(11-2-3-11)7-6-12-8-10-4-5-13-9-14-10/h4-5,9,11-12H,2-3,6-8H2,1H3. The van der Waals surface area contributed by atoms with Gasteiger partial charge in [0.2, 0.25) is 0 Å². The molecule has 15 heavy (non-hydrogen) atoms. The smallest absolute Gasteiger partial charge is 0.115 e. The molecule has 1 aromatic heterocycles. The Morgan fingerprint density at radius 3 is 3.07 bits per heavy atom. The van der Waals surface area contributed by atoms with Crippen molar-refractivity contribution in [3.8, 4) is 0 Å². The molecule has 0 atom stereocenters. The molecule has 1 aliphatic rings. The molecular weight excluding hydrogens is 188 g/mol. The van der Waals surface area contributed by atoms with E-state index in [-0.39, 0.29) is 0 Å². The molecular formula is C11H18N4. The second kappa shape index (κ2) is 5.19. The maximum absolute atomic E-state index is 4.16. The molecule has 0 amide bonds. The van der Waals surface area contributed by atoms with Gasteiger partial charge in [0.1, 0.15) is 6.33 Å². The average molecular weight is 206 g/mol. The van der Waals surface area contributed by atoms with Crippen LogP contribution in [-0.4, -0.2) is 41.0 Å². The fraction of sp³-hybridized carbons (Fsp3) is 0.636. The molecule has 1 heterocycles. The minimum atomic E-state index is 0.834. The summed E-state index contributed by atoms with van der Waals surface area (Å²) in [4.78, 5) is 10.5. The predicted molar refractivity (Wildman–Crippen MR) is 59.4 cm³/mol. The molecule has 82 valence electrons. The van der Waals surface area contributed by atoms with Crippen molar-refractivity contribution >= 4 is 0 Å². The SMILES string of the molecule is CN(CCNCc1ccncn1)C1CC1. The molecule has 0 bridgehead atoms. The third-order valence-electron chi connectivity index (χ3n) is 2.76.